The van der Waals surface area contributed by atoms with Crippen molar-refractivity contribution in [2.24, 2.45) is 0 Å². The lowest BCUT2D eigenvalue weighted by molar-refractivity contribution is 0.0797. The molecule has 0 saturated carbocycles. The summed E-state index contributed by atoms with van der Waals surface area (Å²) in [4.78, 5) is 15.0. The van der Waals surface area contributed by atoms with Crippen LogP contribution in [0.25, 0.3) is 0 Å². The molecular weight excluding hydrogens is 304 g/mol. The third-order valence-corrected chi connectivity index (χ3v) is 4.91. The zero-order valence-electron chi connectivity index (χ0n) is 15.6. The Kier molecular flexibility index (Phi) is 6.10. The number of amides is 1. The van der Waals surface area contributed by atoms with Gasteiger partial charge in [-0.05, 0) is 58.8 Å². The Hall–Kier alpha value is -1.75. The molecule has 1 aromatic carbocycles. The highest BCUT2D eigenvalue weighted by molar-refractivity contribution is 5.95. The van der Waals surface area contributed by atoms with Crippen LogP contribution in [0.5, 0.6) is 11.5 Å². The first-order valence-corrected chi connectivity index (χ1v) is 8.65. The number of methoxy groups -OCH3 is 2. The predicted molar refractivity (Wildman–Crippen MR) is 96.1 cm³/mol. The first-order valence-electron chi connectivity index (χ1n) is 8.65. The van der Waals surface area contributed by atoms with Crippen molar-refractivity contribution in [2.75, 3.05) is 33.9 Å². The van der Waals surface area contributed by atoms with Gasteiger partial charge in [-0.1, -0.05) is 6.42 Å². The maximum atomic E-state index is 12.6. The van der Waals surface area contributed by atoms with Gasteiger partial charge in [0.2, 0.25) is 0 Å². The maximum absolute atomic E-state index is 12.6. The minimum Gasteiger partial charge on any atom is -0.496 e. The smallest absolute Gasteiger partial charge is 0.251 e. The van der Waals surface area contributed by atoms with Gasteiger partial charge in [0.25, 0.3) is 5.91 Å². The largest absolute Gasteiger partial charge is 0.496 e. The van der Waals surface area contributed by atoms with Crippen LogP contribution < -0.4 is 14.8 Å². The molecule has 0 atom stereocenters. The lowest BCUT2D eigenvalue weighted by atomic mass is 9.98. The summed E-state index contributed by atoms with van der Waals surface area (Å²) in [5, 5.41) is 3.07. The monoisotopic (exact) mass is 334 g/mol. The van der Waals surface area contributed by atoms with E-state index in [9.17, 15) is 4.79 Å². The first-order chi connectivity index (χ1) is 11.4. The number of likely N-dealkylation sites (tertiary alicyclic amines) is 1. The Labute approximate surface area is 145 Å². The van der Waals surface area contributed by atoms with Crippen molar-refractivity contribution in [3.63, 3.8) is 0 Å². The molecule has 1 amide bonds. The second kappa shape index (κ2) is 7.88. The van der Waals surface area contributed by atoms with Gasteiger partial charge < -0.3 is 14.8 Å². The Morgan fingerprint density at radius 3 is 2.17 bits per heavy atom. The summed E-state index contributed by atoms with van der Waals surface area (Å²) in [6.45, 7) is 9.12. The molecule has 2 rings (SSSR count). The van der Waals surface area contributed by atoms with Crippen molar-refractivity contribution >= 4 is 5.91 Å². The van der Waals surface area contributed by atoms with Gasteiger partial charge in [-0.3, -0.25) is 9.69 Å². The molecule has 0 unspecified atom stereocenters. The van der Waals surface area contributed by atoms with E-state index in [0.29, 0.717) is 23.6 Å². The highest BCUT2D eigenvalue weighted by atomic mass is 16.5. The fourth-order valence-corrected chi connectivity index (χ4v) is 3.23. The van der Waals surface area contributed by atoms with Crippen LogP contribution in [-0.4, -0.2) is 50.2 Å². The van der Waals surface area contributed by atoms with Crippen LogP contribution in [0.15, 0.2) is 12.1 Å². The number of carbonyl (C=O) groups excluding carboxylic acids is 1. The zero-order valence-corrected chi connectivity index (χ0v) is 15.6. The second-order valence-electron chi connectivity index (χ2n) is 7.05. The summed E-state index contributed by atoms with van der Waals surface area (Å²) < 4.78 is 10.7. The van der Waals surface area contributed by atoms with Gasteiger partial charge in [-0.2, -0.15) is 0 Å². The van der Waals surface area contributed by atoms with Crippen LogP contribution in [0.3, 0.4) is 0 Å². The van der Waals surface area contributed by atoms with E-state index in [1.165, 1.54) is 19.3 Å². The van der Waals surface area contributed by atoms with Crippen molar-refractivity contribution in [1.82, 2.24) is 10.2 Å². The molecule has 1 heterocycles. The minimum absolute atomic E-state index is 0.0467. The molecule has 0 aliphatic carbocycles. The Bertz CT molecular complexity index is 553. The van der Waals surface area contributed by atoms with E-state index in [1.807, 2.05) is 6.92 Å². The Morgan fingerprint density at radius 2 is 1.67 bits per heavy atom. The fraction of sp³-hybridized carbons (Fsp3) is 0.632. The van der Waals surface area contributed by atoms with Gasteiger partial charge in [0.1, 0.15) is 11.5 Å². The summed E-state index contributed by atoms with van der Waals surface area (Å²) >= 11 is 0. The Balaban J connectivity index is 2.06. The summed E-state index contributed by atoms with van der Waals surface area (Å²) in [6, 6.07) is 3.53. The molecule has 1 fully saturated rings. The van der Waals surface area contributed by atoms with Gasteiger partial charge in [-0.15, -0.1) is 0 Å². The molecule has 1 aliphatic rings. The fourth-order valence-electron chi connectivity index (χ4n) is 3.23. The second-order valence-corrected chi connectivity index (χ2v) is 7.05. The molecule has 0 bridgehead atoms. The molecule has 1 saturated heterocycles. The van der Waals surface area contributed by atoms with E-state index >= 15 is 0 Å². The van der Waals surface area contributed by atoms with E-state index in [2.05, 4.69) is 24.1 Å². The summed E-state index contributed by atoms with van der Waals surface area (Å²) in [6.07, 6.45) is 3.79. The summed E-state index contributed by atoms with van der Waals surface area (Å²) in [5.41, 5.74) is 1.41. The minimum atomic E-state index is -0.100. The topological polar surface area (TPSA) is 50.8 Å². The van der Waals surface area contributed by atoms with Crippen molar-refractivity contribution < 1.29 is 14.3 Å². The number of piperidine rings is 1. The van der Waals surface area contributed by atoms with Crippen molar-refractivity contribution in [3.8, 4) is 11.5 Å². The molecule has 1 N–H and O–H groups in total. The lowest BCUT2D eigenvalue weighted by Gasteiger charge is -2.41. The number of carbonyl (C=O) groups is 1. The van der Waals surface area contributed by atoms with Crippen LogP contribution in [0.1, 0.15) is 49.0 Å². The van der Waals surface area contributed by atoms with Crippen molar-refractivity contribution in [3.05, 3.63) is 23.3 Å². The van der Waals surface area contributed by atoms with Crippen LogP contribution in [0.2, 0.25) is 0 Å². The van der Waals surface area contributed by atoms with E-state index in [-0.39, 0.29) is 11.4 Å². The molecule has 0 radical (unpaired) electrons. The molecule has 5 nitrogen and oxygen atoms in total. The SMILES string of the molecule is COc1cc(C(=O)NCC(C)(C)N2CCCCC2)cc(OC)c1C. The molecule has 1 aromatic rings. The van der Waals surface area contributed by atoms with Gasteiger partial charge in [0, 0.05) is 23.2 Å². The highest BCUT2D eigenvalue weighted by Crippen LogP contribution is 2.29. The number of nitrogens with zero attached hydrogens (tertiary/aromatic N) is 1. The molecular formula is C19H30N2O3. The lowest BCUT2D eigenvalue weighted by Crippen LogP contribution is -2.53. The van der Waals surface area contributed by atoms with Gasteiger partial charge in [-0.25, -0.2) is 0 Å². The first kappa shape index (κ1) is 18.6. The van der Waals surface area contributed by atoms with Gasteiger partial charge >= 0.3 is 0 Å². The van der Waals surface area contributed by atoms with Crippen LogP contribution >= 0.6 is 0 Å². The van der Waals surface area contributed by atoms with Gasteiger partial charge in [0.05, 0.1) is 14.2 Å². The van der Waals surface area contributed by atoms with E-state index in [0.717, 1.165) is 18.7 Å². The van der Waals surface area contributed by atoms with Crippen LogP contribution in [0, 0.1) is 6.92 Å². The van der Waals surface area contributed by atoms with E-state index in [4.69, 9.17) is 9.47 Å². The quantitative estimate of drug-likeness (QED) is 0.869. The van der Waals surface area contributed by atoms with E-state index < -0.39 is 0 Å². The summed E-state index contributed by atoms with van der Waals surface area (Å²) in [5.74, 6) is 1.22. The van der Waals surface area contributed by atoms with Crippen molar-refractivity contribution in [1.29, 1.82) is 0 Å². The standard InChI is InChI=1S/C19H30N2O3/c1-14-16(23-4)11-15(12-17(14)24-5)18(22)20-13-19(2,3)21-9-7-6-8-10-21/h11-12H,6-10,13H2,1-5H3,(H,20,22). The molecule has 0 spiro atoms. The third-order valence-electron chi connectivity index (χ3n) is 4.91. The molecule has 0 aromatic heterocycles. The van der Waals surface area contributed by atoms with E-state index in [1.54, 1.807) is 26.4 Å². The van der Waals surface area contributed by atoms with Crippen molar-refractivity contribution in [2.45, 2.75) is 45.6 Å². The molecule has 134 valence electrons. The van der Waals surface area contributed by atoms with Crippen LogP contribution in [0.4, 0.5) is 0 Å². The number of hydrogen-bond donors (Lipinski definition) is 1. The number of rotatable bonds is 6. The van der Waals surface area contributed by atoms with Crippen LogP contribution in [-0.2, 0) is 0 Å². The highest BCUT2D eigenvalue weighted by Gasteiger charge is 2.28. The number of benzene rings is 1. The average Bonchev–Trinajstić information content (AvgIpc) is 2.60. The predicted octanol–water partition coefficient (Wildman–Crippen LogP) is 3.01. The number of ether oxygens (including phenoxy) is 2. The maximum Gasteiger partial charge on any atom is 0.251 e. The number of nitrogens with one attached hydrogen (secondary N) is 1. The number of hydrogen-bond acceptors (Lipinski definition) is 4. The molecule has 5 heteroatoms. The zero-order chi connectivity index (χ0) is 17.7. The summed E-state index contributed by atoms with van der Waals surface area (Å²) in [7, 11) is 3.20. The molecule has 24 heavy (non-hydrogen) atoms. The third kappa shape index (κ3) is 4.20. The molecule has 1 aliphatic heterocycles. The Morgan fingerprint density at radius 1 is 1.12 bits per heavy atom. The normalized spacial score (nSPS) is 15.9. The average molecular weight is 334 g/mol. The van der Waals surface area contributed by atoms with Gasteiger partial charge in [0.15, 0.2) is 0 Å².